The summed E-state index contributed by atoms with van der Waals surface area (Å²) in [6.07, 6.45) is 7.54. The molecule has 2 aromatic rings. The summed E-state index contributed by atoms with van der Waals surface area (Å²) in [5.74, 6) is 3.18. The molecule has 1 aromatic carbocycles. The first kappa shape index (κ1) is 15.4. The van der Waals surface area contributed by atoms with Crippen LogP contribution in [0.25, 0.3) is 11.1 Å². The van der Waals surface area contributed by atoms with Crippen LogP contribution in [-0.4, -0.2) is 40.9 Å². The van der Waals surface area contributed by atoms with Crippen molar-refractivity contribution in [3.8, 4) is 17.0 Å². The van der Waals surface area contributed by atoms with E-state index in [-0.39, 0.29) is 0 Å². The average Bonchev–Trinajstić information content (AvgIpc) is 3.42. The molecule has 1 atom stereocenters. The average molecular weight is 337 g/mol. The molecule has 0 N–H and O–H groups in total. The summed E-state index contributed by atoms with van der Waals surface area (Å²) in [7, 11) is 0. The molecule has 6 rings (SSSR count). The van der Waals surface area contributed by atoms with Crippen LogP contribution >= 0.6 is 0 Å². The van der Waals surface area contributed by atoms with Crippen molar-refractivity contribution >= 4 is 0 Å². The second kappa shape index (κ2) is 6.49. The van der Waals surface area contributed by atoms with Crippen molar-refractivity contribution in [2.24, 2.45) is 17.8 Å². The highest BCUT2D eigenvalue weighted by atomic mass is 16.5. The molecule has 3 aliphatic heterocycles. The fourth-order valence-corrected chi connectivity index (χ4v) is 4.44. The quantitative estimate of drug-likeness (QED) is 0.805. The lowest BCUT2D eigenvalue weighted by molar-refractivity contribution is 0.0403. The molecule has 4 fully saturated rings. The zero-order valence-corrected chi connectivity index (χ0v) is 14.8. The Morgan fingerprint density at radius 3 is 2.52 bits per heavy atom. The summed E-state index contributed by atoms with van der Waals surface area (Å²) >= 11 is 0. The number of hydrogen-bond donors (Lipinski definition) is 0. The Morgan fingerprint density at radius 2 is 1.84 bits per heavy atom. The van der Waals surface area contributed by atoms with E-state index in [2.05, 4.69) is 46.1 Å². The van der Waals surface area contributed by atoms with E-state index < -0.39 is 0 Å². The summed E-state index contributed by atoms with van der Waals surface area (Å²) in [4.78, 5) is 2.62. The van der Waals surface area contributed by atoms with Gasteiger partial charge in [-0.2, -0.15) is 0 Å². The van der Waals surface area contributed by atoms with Crippen LogP contribution in [0, 0.1) is 17.8 Å². The van der Waals surface area contributed by atoms with Gasteiger partial charge < -0.3 is 9.64 Å². The fourth-order valence-electron chi connectivity index (χ4n) is 4.44. The molecular formula is C21H27N3O. The first-order chi connectivity index (χ1) is 12.3. The van der Waals surface area contributed by atoms with Crippen molar-refractivity contribution < 1.29 is 4.74 Å². The molecule has 0 amide bonds. The Hall–Kier alpha value is -1.81. The Labute approximate surface area is 149 Å². The maximum Gasteiger partial charge on any atom is 0.240 e. The number of rotatable bonds is 6. The van der Waals surface area contributed by atoms with E-state index in [4.69, 9.17) is 9.84 Å². The van der Waals surface area contributed by atoms with E-state index in [1.165, 1.54) is 50.9 Å². The molecule has 4 heterocycles. The van der Waals surface area contributed by atoms with Crippen LogP contribution in [0.1, 0.15) is 25.7 Å². The first-order valence-electron chi connectivity index (χ1n) is 9.83. The highest BCUT2D eigenvalue weighted by molar-refractivity contribution is 5.67. The molecular weight excluding hydrogens is 310 g/mol. The van der Waals surface area contributed by atoms with E-state index in [1.54, 1.807) is 0 Å². The first-order valence-corrected chi connectivity index (χ1v) is 9.83. The summed E-state index contributed by atoms with van der Waals surface area (Å²) in [5, 5.41) is 4.84. The monoisotopic (exact) mass is 337 g/mol. The van der Waals surface area contributed by atoms with Crippen LogP contribution in [0.3, 0.4) is 0 Å². The fraction of sp³-hybridized carbons (Fsp3) is 0.571. The van der Waals surface area contributed by atoms with Crippen molar-refractivity contribution in [3.05, 3.63) is 36.5 Å². The standard InChI is InChI=1S/C21H27N3O/c1-2-4-18(5-3-1)20-14-24(22-21(20)25-15-16-6-7-16)13-19-12-23-10-8-17(19)9-11-23/h1-5,14,16-17,19H,6-13,15H2. The molecule has 1 unspecified atom stereocenters. The van der Waals surface area contributed by atoms with Crippen LogP contribution < -0.4 is 4.74 Å². The third-order valence-electron chi connectivity index (χ3n) is 6.18. The number of piperidine rings is 3. The van der Waals surface area contributed by atoms with Crippen molar-refractivity contribution in [2.75, 3.05) is 26.2 Å². The Kier molecular flexibility index (Phi) is 4.01. The maximum atomic E-state index is 6.10. The third-order valence-corrected chi connectivity index (χ3v) is 6.18. The predicted octanol–water partition coefficient (Wildman–Crippen LogP) is 3.68. The summed E-state index contributed by atoms with van der Waals surface area (Å²) in [6, 6.07) is 10.5. The molecule has 132 valence electrons. The summed E-state index contributed by atoms with van der Waals surface area (Å²) in [5.41, 5.74) is 2.34. The van der Waals surface area contributed by atoms with Gasteiger partial charge in [0.2, 0.25) is 5.88 Å². The van der Waals surface area contributed by atoms with Crippen LogP contribution in [0.2, 0.25) is 0 Å². The highest BCUT2D eigenvalue weighted by Gasteiger charge is 2.34. The van der Waals surface area contributed by atoms with E-state index >= 15 is 0 Å². The van der Waals surface area contributed by atoms with Gasteiger partial charge in [-0.15, -0.1) is 5.10 Å². The van der Waals surface area contributed by atoms with Crippen LogP contribution in [0.15, 0.2) is 36.5 Å². The molecule has 4 aliphatic rings. The number of fused-ring (bicyclic) bond motifs is 3. The summed E-state index contributed by atoms with van der Waals surface area (Å²) in [6.45, 7) is 5.67. The van der Waals surface area contributed by atoms with Crippen molar-refractivity contribution in [1.29, 1.82) is 0 Å². The van der Waals surface area contributed by atoms with Gasteiger partial charge in [-0.25, -0.2) is 0 Å². The molecule has 0 radical (unpaired) electrons. The molecule has 0 spiro atoms. The van der Waals surface area contributed by atoms with Gasteiger partial charge in [-0.3, -0.25) is 4.68 Å². The number of hydrogen-bond acceptors (Lipinski definition) is 3. The van der Waals surface area contributed by atoms with Gasteiger partial charge in [0.25, 0.3) is 0 Å². The van der Waals surface area contributed by atoms with Gasteiger partial charge in [0.1, 0.15) is 0 Å². The lowest BCUT2D eigenvalue weighted by atomic mass is 9.79. The Balaban J connectivity index is 1.38. The molecule has 1 aromatic heterocycles. The van der Waals surface area contributed by atoms with E-state index in [1.807, 2.05) is 0 Å². The minimum Gasteiger partial charge on any atom is -0.476 e. The van der Waals surface area contributed by atoms with Gasteiger partial charge in [-0.05, 0) is 62.1 Å². The minimum absolute atomic E-state index is 0.738. The SMILES string of the molecule is c1ccc(-c2cn(CC3CN4CCC3CC4)nc2OCC2CC2)cc1. The lowest BCUT2D eigenvalue weighted by Gasteiger charge is -2.44. The molecule has 4 nitrogen and oxygen atoms in total. The Morgan fingerprint density at radius 1 is 1.04 bits per heavy atom. The molecule has 1 saturated carbocycles. The number of aromatic nitrogens is 2. The molecule has 1 aliphatic carbocycles. The predicted molar refractivity (Wildman–Crippen MR) is 98.5 cm³/mol. The van der Waals surface area contributed by atoms with Crippen LogP contribution in [0.4, 0.5) is 0 Å². The van der Waals surface area contributed by atoms with E-state index in [0.717, 1.165) is 42.3 Å². The minimum atomic E-state index is 0.738. The molecule has 4 heteroatoms. The number of ether oxygens (including phenoxy) is 1. The van der Waals surface area contributed by atoms with Crippen LogP contribution in [0.5, 0.6) is 5.88 Å². The number of nitrogens with zero attached hydrogens (tertiary/aromatic N) is 3. The van der Waals surface area contributed by atoms with Gasteiger partial charge in [0.15, 0.2) is 0 Å². The van der Waals surface area contributed by atoms with Crippen molar-refractivity contribution in [3.63, 3.8) is 0 Å². The van der Waals surface area contributed by atoms with Gasteiger partial charge in [0.05, 0.1) is 12.2 Å². The topological polar surface area (TPSA) is 30.3 Å². The highest BCUT2D eigenvalue weighted by Crippen LogP contribution is 2.36. The van der Waals surface area contributed by atoms with Gasteiger partial charge >= 0.3 is 0 Å². The van der Waals surface area contributed by atoms with E-state index in [0.29, 0.717) is 0 Å². The molecule has 2 bridgehead atoms. The summed E-state index contributed by atoms with van der Waals surface area (Å²) < 4.78 is 8.25. The third kappa shape index (κ3) is 3.32. The normalized spacial score (nSPS) is 28.2. The number of benzene rings is 1. The molecule has 25 heavy (non-hydrogen) atoms. The zero-order chi connectivity index (χ0) is 16.6. The lowest BCUT2D eigenvalue weighted by Crippen LogP contribution is -2.48. The van der Waals surface area contributed by atoms with E-state index in [9.17, 15) is 0 Å². The largest absolute Gasteiger partial charge is 0.476 e. The maximum absolute atomic E-state index is 6.10. The van der Waals surface area contributed by atoms with Crippen molar-refractivity contribution in [2.45, 2.75) is 32.2 Å². The zero-order valence-electron chi connectivity index (χ0n) is 14.8. The van der Waals surface area contributed by atoms with Crippen molar-refractivity contribution in [1.82, 2.24) is 14.7 Å². The van der Waals surface area contributed by atoms with Gasteiger partial charge in [-0.1, -0.05) is 30.3 Å². The Bertz CT molecular complexity index is 714. The van der Waals surface area contributed by atoms with Crippen LogP contribution in [-0.2, 0) is 6.54 Å². The molecule has 3 saturated heterocycles. The second-order valence-corrected chi connectivity index (χ2v) is 8.09. The second-order valence-electron chi connectivity index (χ2n) is 8.09. The van der Waals surface area contributed by atoms with Gasteiger partial charge in [0, 0.05) is 19.3 Å². The smallest absolute Gasteiger partial charge is 0.240 e.